The van der Waals surface area contributed by atoms with Crippen LogP contribution in [0.15, 0.2) is 0 Å². The Morgan fingerprint density at radius 2 is 0.903 bits per heavy atom. The number of carboxylic acids is 3. The van der Waals surface area contributed by atoms with Gasteiger partial charge in [0.1, 0.15) is 30.8 Å². The Labute approximate surface area is 433 Å². The van der Waals surface area contributed by atoms with Crippen molar-refractivity contribution in [3.05, 3.63) is 0 Å². The molecule has 72 heavy (non-hydrogen) atoms. The Morgan fingerprint density at radius 1 is 0.472 bits per heavy atom. The van der Waals surface area contributed by atoms with Crippen LogP contribution in [-0.4, -0.2) is 125 Å². The van der Waals surface area contributed by atoms with Crippen LogP contribution >= 0.6 is 11.8 Å². The molecule has 4 amide bonds. The smallest absolute Gasteiger partial charge is 0.407 e. The summed E-state index contributed by atoms with van der Waals surface area (Å²) in [6, 6.07) is -4.51. The van der Waals surface area contributed by atoms with Crippen LogP contribution in [0.25, 0.3) is 0 Å². The zero-order valence-electron chi connectivity index (χ0n) is 43.9. The molecule has 0 bridgehead atoms. The summed E-state index contributed by atoms with van der Waals surface area (Å²) in [5, 5.41) is 36.6. The highest BCUT2D eigenvalue weighted by Crippen LogP contribution is 2.17. The number of amides is 4. The number of carboxylic acid groups (broad SMARTS) is 3. The Balaban J connectivity index is 5.39. The van der Waals surface area contributed by atoms with Gasteiger partial charge in [0.2, 0.25) is 17.7 Å². The summed E-state index contributed by atoms with van der Waals surface area (Å²) >= 11 is 1.11. The fourth-order valence-corrected chi connectivity index (χ4v) is 8.80. The number of aliphatic carboxylic acids is 3. The molecule has 0 saturated carbocycles. The highest BCUT2D eigenvalue weighted by Gasteiger charge is 2.29. The predicted octanol–water partition coefficient (Wildman–Crippen LogP) is 8.76. The number of ether oxygens (including phenoxy) is 3. The molecule has 0 spiro atoms. The summed E-state index contributed by atoms with van der Waals surface area (Å²) in [6.07, 6.45) is 26.7. The molecule has 0 fully saturated rings. The first-order valence-corrected chi connectivity index (χ1v) is 28.1. The molecule has 0 saturated heterocycles. The number of thioether (sulfide) groups is 1. The summed E-state index contributed by atoms with van der Waals surface area (Å²) in [5.41, 5.74) is 0. The number of carbonyl (C=O) groups excluding carboxylic acids is 6. The molecular weight excluding hydrogens is 953 g/mol. The van der Waals surface area contributed by atoms with E-state index in [-0.39, 0.29) is 31.0 Å². The van der Waals surface area contributed by atoms with E-state index in [4.69, 9.17) is 14.6 Å². The predicted molar refractivity (Wildman–Crippen MR) is 276 cm³/mol. The van der Waals surface area contributed by atoms with Crippen LogP contribution in [0.5, 0.6) is 0 Å². The van der Waals surface area contributed by atoms with Gasteiger partial charge in [0, 0.05) is 37.2 Å². The van der Waals surface area contributed by atoms with Crippen LogP contribution in [0.3, 0.4) is 0 Å². The third kappa shape index (κ3) is 40.9. The van der Waals surface area contributed by atoms with E-state index in [0.717, 1.165) is 57.4 Å². The lowest BCUT2D eigenvalue weighted by Gasteiger charge is -2.22. The quantitative estimate of drug-likeness (QED) is 0.0170. The van der Waals surface area contributed by atoms with Gasteiger partial charge in [-0.25, -0.2) is 9.59 Å². The molecule has 0 radical (unpaired) electrons. The summed E-state index contributed by atoms with van der Waals surface area (Å²) in [7, 11) is 1.09. The third-order valence-electron chi connectivity index (χ3n) is 12.1. The fourth-order valence-electron chi connectivity index (χ4n) is 7.76. The zero-order valence-corrected chi connectivity index (χ0v) is 44.7. The van der Waals surface area contributed by atoms with Gasteiger partial charge in [-0.3, -0.25) is 33.6 Å². The highest BCUT2D eigenvalue weighted by atomic mass is 32.2. The summed E-state index contributed by atoms with van der Waals surface area (Å²) in [5.74, 6) is -7.97. The zero-order chi connectivity index (χ0) is 53.6. The van der Waals surface area contributed by atoms with Crippen LogP contribution in [0.4, 0.5) is 4.79 Å². The maximum Gasteiger partial charge on any atom is 0.407 e. The Kier molecular flexibility index (Phi) is 43.2. The molecule has 0 aliphatic rings. The molecule has 0 aliphatic heterocycles. The summed E-state index contributed by atoms with van der Waals surface area (Å²) < 4.78 is 16.0. The molecule has 0 rings (SSSR count). The van der Waals surface area contributed by atoms with Gasteiger partial charge in [-0.15, -0.1) is 0 Å². The highest BCUT2D eigenvalue weighted by molar-refractivity contribution is 7.99. The van der Waals surface area contributed by atoms with Gasteiger partial charge in [-0.2, -0.15) is 11.8 Å². The Bertz CT molecular complexity index is 1540. The van der Waals surface area contributed by atoms with Gasteiger partial charge < -0.3 is 50.8 Å². The maximum absolute atomic E-state index is 13.3. The topological polar surface area (TPSA) is 290 Å². The fraction of sp³-hybridized carbons (Fsp3) is 0.827. The van der Waals surface area contributed by atoms with E-state index in [9.17, 15) is 53.4 Å². The average Bonchev–Trinajstić information content (AvgIpc) is 3.34. The van der Waals surface area contributed by atoms with Gasteiger partial charge in [0.25, 0.3) is 0 Å². The molecule has 0 heterocycles. The number of esters is 2. The first-order valence-electron chi connectivity index (χ1n) is 26.9. The second-order valence-corrected chi connectivity index (χ2v) is 19.7. The second kappa shape index (κ2) is 46.2. The molecule has 416 valence electrons. The minimum atomic E-state index is -1.65. The number of carbonyl (C=O) groups is 9. The standard InChI is InChI=1S/C52H92N4O15S/c1-4-6-8-10-12-14-16-18-20-22-24-26-28-30-47(62)70-37-40(71-48(63)31-29-27-25-23-21-19-17-15-13-11-9-7-5-2)38-72-39-43(56-52(68)69-3)49(64)53-36-44(57)54-41(32-34-45(58)59)50(65)55-42(51(66)67)33-35-46(60)61/h40-43H,4-39H2,1-3H3,(H,53,64)(H,54,57)(H,55,65)(H,56,68)(H,58,59)(H,60,61)(H,66,67)/t40-,41+,42+,43+/m1/s1. The lowest BCUT2D eigenvalue weighted by molar-refractivity contribution is -0.157. The third-order valence-corrected chi connectivity index (χ3v) is 13.2. The number of hydrogen-bond donors (Lipinski definition) is 7. The molecule has 0 aromatic rings. The number of methoxy groups -OCH3 is 1. The largest absolute Gasteiger partial charge is 0.481 e. The van der Waals surface area contributed by atoms with Crippen LogP contribution in [-0.2, 0) is 52.6 Å². The second-order valence-electron chi connectivity index (χ2n) is 18.6. The minimum Gasteiger partial charge on any atom is -0.481 e. The van der Waals surface area contributed by atoms with Crippen molar-refractivity contribution >= 4 is 65.4 Å². The van der Waals surface area contributed by atoms with Gasteiger partial charge in [-0.1, -0.05) is 168 Å². The van der Waals surface area contributed by atoms with Gasteiger partial charge in [-0.05, 0) is 25.7 Å². The van der Waals surface area contributed by atoms with Crippen molar-refractivity contribution in [2.24, 2.45) is 0 Å². The van der Waals surface area contributed by atoms with Gasteiger partial charge >= 0.3 is 35.9 Å². The van der Waals surface area contributed by atoms with Crippen molar-refractivity contribution < 1.29 is 72.7 Å². The van der Waals surface area contributed by atoms with E-state index in [1.165, 1.54) is 116 Å². The molecule has 0 aliphatic carbocycles. The number of hydrogen-bond acceptors (Lipinski definition) is 13. The molecule has 0 unspecified atom stereocenters. The van der Waals surface area contributed by atoms with E-state index in [1.807, 2.05) is 0 Å². The molecule has 19 nitrogen and oxygen atoms in total. The molecule has 4 atom stereocenters. The Hall–Kier alpha value is -4.62. The van der Waals surface area contributed by atoms with Crippen LogP contribution < -0.4 is 21.3 Å². The lowest BCUT2D eigenvalue weighted by Crippen LogP contribution is -2.54. The van der Waals surface area contributed by atoms with Crippen LogP contribution in [0.1, 0.15) is 219 Å². The molecular formula is C52H92N4O15S. The van der Waals surface area contributed by atoms with E-state index < -0.39 is 110 Å². The van der Waals surface area contributed by atoms with E-state index in [1.54, 1.807) is 0 Å². The van der Waals surface area contributed by atoms with Gasteiger partial charge in [0.15, 0.2) is 0 Å². The Morgan fingerprint density at radius 3 is 1.33 bits per heavy atom. The number of alkyl carbamates (subject to hydrolysis) is 1. The van der Waals surface area contributed by atoms with Crippen LogP contribution in [0, 0.1) is 0 Å². The van der Waals surface area contributed by atoms with E-state index in [2.05, 4.69) is 39.9 Å². The first kappa shape index (κ1) is 67.4. The van der Waals surface area contributed by atoms with Crippen molar-refractivity contribution in [2.45, 2.75) is 244 Å². The van der Waals surface area contributed by atoms with E-state index in [0.29, 0.717) is 12.8 Å². The monoisotopic (exact) mass is 1040 g/mol. The normalized spacial score (nSPS) is 12.7. The minimum absolute atomic E-state index is 0.0770. The van der Waals surface area contributed by atoms with Crippen molar-refractivity contribution in [2.75, 3.05) is 31.8 Å². The maximum atomic E-state index is 13.3. The number of nitrogens with one attached hydrogen (secondary N) is 4. The summed E-state index contributed by atoms with van der Waals surface area (Å²) in [6.45, 7) is 3.48. The van der Waals surface area contributed by atoms with Crippen molar-refractivity contribution in [3.63, 3.8) is 0 Å². The van der Waals surface area contributed by atoms with Crippen molar-refractivity contribution in [1.82, 2.24) is 21.3 Å². The van der Waals surface area contributed by atoms with E-state index >= 15 is 0 Å². The van der Waals surface area contributed by atoms with Gasteiger partial charge in [0.05, 0.1) is 13.7 Å². The van der Waals surface area contributed by atoms with Crippen molar-refractivity contribution in [3.8, 4) is 0 Å². The molecule has 0 aromatic carbocycles. The van der Waals surface area contributed by atoms with Crippen molar-refractivity contribution in [1.29, 1.82) is 0 Å². The summed E-state index contributed by atoms with van der Waals surface area (Å²) in [4.78, 5) is 111. The average molecular weight is 1050 g/mol. The number of rotatable bonds is 49. The number of unbranched alkanes of at least 4 members (excludes halogenated alkanes) is 24. The SMILES string of the molecule is CCCCCCCCCCCCCCCC(=O)OC[C@H](CSC[C@H](NC(=O)OC)C(=O)NCC(=O)N[C@@H](CCC(=O)O)C(=O)N[C@@H](CCC(=O)O)C(=O)O)OC(=O)CCCCCCCCCCCCCCC. The first-order chi connectivity index (χ1) is 34.6. The van der Waals surface area contributed by atoms with Crippen LogP contribution in [0.2, 0.25) is 0 Å². The lowest BCUT2D eigenvalue weighted by atomic mass is 10.0. The molecule has 20 heteroatoms. The molecule has 0 aromatic heterocycles. The molecule has 7 N–H and O–H groups in total.